The van der Waals surface area contributed by atoms with Crippen LogP contribution in [0.1, 0.15) is 23.2 Å². The number of carbonyl (C=O) groups is 1. The molecule has 0 radical (unpaired) electrons. The van der Waals surface area contributed by atoms with Gasteiger partial charge in [0.15, 0.2) is 0 Å². The first-order chi connectivity index (χ1) is 7.25. The first-order valence-corrected chi connectivity index (χ1v) is 5.19. The Bertz CT molecular complexity index is 333. The number of nitrogens with zero attached hydrogens (tertiary/aromatic N) is 1. The number of aromatic nitrogens is 1. The number of amides is 1. The minimum Gasteiger partial charge on any atom is -0.352 e. The minimum atomic E-state index is -0.0522. The molecule has 0 saturated heterocycles. The van der Waals surface area contributed by atoms with E-state index in [1.54, 1.807) is 24.5 Å². The lowest BCUT2D eigenvalue weighted by atomic mass is 9.81. The van der Waals surface area contributed by atoms with E-state index in [1.165, 1.54) is 0 Å². The molecule has 1 aromatic rings. The third-order valence-corrected chi connectivity index (χ3v) is 2.75. The van der Waals surface area contributed by atoms with Crippen molar-refractivity contribution >= 4 is 5.91 Å². The number of nitrogens with one attached hydrogen (secondary N) is 1. The van der Waals surface area contributed by atoms with Crippen LogP contribution in [0.25, 0.3) is 0 Å². The summed E-state index contributed by atoms with van der Waals surface area (Å²) in [5.74, 6) is 0.504. The normalized spacial score (nSPS) is 24.3. The van der Waals surface area contributed by atoms with Crippen molar-refractivity contribution in [3.05, 3.63) is 30.1 Å². The van der Waals surface area contributed by atoms with Gasteiger partial charge in [0.2, 0.25) is 0 Å². The fourth-order valence-corrected chi connectivity index (χ4v) is 1.79. The maximum Gasteiger partial charge on any atom is 0.252 e. The molecule has 1 saturated carbocycles. The van der Waals surface area contributed by atoms with Gasteiger partial charge in [-0.3, -0.25) is 9.78 Å². The molecule has 0 atom stereocenters. The Morgan fingerprint density at radius 3 is 3.00 bits per heavy atom. The van der Waals surface area contributed by atoms with Crippen LogP contribution in [0.15, 0.2) is 24.5 Å². The molecule has 80 valence electrons. The zero-order chi connectivity index (χ0) is 10.7. The van der Waals surface area contributed by atoms with E-state index in [1.807, 2.05) is 0 Å². The third-order valence-electron chi connectivity index (χ3n) is 2.75. The molecule has 2 rings (SSSR count). The average molecular weight is 205 g/mol. The molecule has 0 unspecified atom stereocenters. The molecule has 0 aliphatic heterocycles. The maximum absolute atomic E-state index is 11.6. The molecule has 3 N–H and O–H groups in total. The zero-order valence-electron chi connectivity index (χ0n) is 8.52. The summed E-state index contributed by atoms with van der Waals surface area (Å²) in [5, 5.41) is 2.89. The Morgan fingerprint density at radius 2 is 2.40 bits per heavy atom. The van der Waals surface area contributed by atoms with Crippen LogP contribution in [0.2, 0.25) is 0 Å². The van der Waals surface area contributed by atoms with Crippen LogP contribution in [0.3, 0.4) is 0 Å². The highest BCUT2D eigenvalue weighted by atomic mass is 16.1. The van der Waals surface area contributed by atoms with Crippen molar-refractivity contribution in [3.8, 4) is 0 Å². The standard InChI is InChI=1S/C11H15N3O/c12-10-4-8(5-10)6-14-11(15)9-2-1-3-13-7-9/h1-3,7-8,10H,4-6,12H2,(H,14,15). The summed E-state index contributed by atoms with van der Waals surface area (Å²) in [6.07, 6.45) is 5.27. The molecule has 1 amide bonds. The number of hydrogen-bond acceptors (Lipinski definition) is 3. The smallest absolute Gasteiger partial charge is 0.252 e. The van der Waals surface area contributed by atoms with Crippen LogP contribution in [0, 0.1) is 5.92 Å². The van der Waals surface area contributed by atoms with Crippen molar-refractivity contribution in [2.24, 2.45) is 11.7 Å². The fraction of sp³-hybridized carbons (Fsp3) is 0.455. The fourth-order valence-electron chi connectivity index (χ4n) is 1.79. The van der Waals surface area contributed by atoms with Crippen molar-refractivity contribution in [1.82, 2.24) is 10.3 Å². The lowest BCUT2D eigenvalue weighted by Crippen LogP contribution is -2.42. The van der Waals surface area contributed by atoms with Gasteiger partial charge in [0.05, 0.1) is 5.56 Å². The summed E-state index contributed by atoms with van der Waals surface area (Å²) in [4.78, 5) is 15.5. The monoisotopic (exact) mass is 205 g/mol. The Labute approximate surface area is 88.9 Å². The van der Waals surface area contributed by atoms with Crippen LogP contribution in [-0.4, -0.2) is 23.5 Å². The number of rotatable bonds is 3. The maximum atomic E-state index is 11.6. The molecule has 15 heavy (non-hydrogen) atoms. The van der Waals surface area contributed by atoms with Gasteiger partial charge in [-0.2, -0.15) is 0 Å². The third kappa shape index (κ3) is 2.53. The summed E-state index contributed by atoms with van der Waals surface area (Å²) in [6, 6.07) is 3.86. The lowest BCUT2D eigenvalue weighted by Gasteiger charge is -2.32. The second-order valence-electron chi connectivity index (χ2n) is 4.05. The SMILES string of the molecule is NC1CC(CNC(=O)c2cccnc2)C1. The van der Waals surface area contributed by atoms with E-state index in [0.29, 0.717) is 17.5 Å². The molecule has 0 aromatic carbocycles. The Morgan fingerprint density at radius 1 is 1.60 bits per heavy atom. The summed E-state index contributed by atoms with van der Waals surface area (Å²) < 4.78 is 0. The Kier molecular flexibility index (Phi) is 2.97. The molecule has 4 nitrogen and oxygen atoms in total. The number of nitrogens with two attached hydrogens (primary N) is 1. The Hall–Kier alpha value is -1.42. The van der Waals surface area contributed by atoms with Crippen LogP contribution < -0.4 is 11.1 Å². The second-order valence-corrected chi connectivity index (χ2v) is 4.05. The summed E-state index contributed by atoms with van der Waals surface area (Å²) in [7, 11) is 0. The topological polar surface area (TPSA) is 68.0 Å². The molecule has 0 bridgehead atoms. The molecule has 4 heteroatoms. The number of pyridine rings is 1. The second kappa shape index (κ2) is 4.40. The van der Waals surface area contributed by atoms with Crippen molar-refractivity contribution in [2.45, 2.75) is 18.9 Å². The highest BCUT2D eigenvalue weighted by Crippen LogP contribution is 2.24. The molecule has 1 fully saturated rings. The molecule has 1 aliphatic carbocycles. The largest absolute Gasteiger partial charge is 0.352 e. The van der Waals surface area contributed by atoms with Crippen LogP contribution >= 0.6 is 0 Å². The Balaban J connectivity index is 1.78. The van der Waals surface area contributed by atoms with Gasteiger partial charge in [0.1, 0.15) is 0 Å². The average Bonchev–Trinajstić information content (AvgIpc) is 2.23. The van der Waals surface area contributed by atoms with Crippen LogP contribution in [0.4, 0.5) is 0 Å². The van der Waals surface area contributed by atoms with Crippen molar-refractivity contribution in [2.75, 3.05) is 6.54 Å². The first-order valence-electron chi connectivity index (χ1n) is 5.19. The predicted molar refractivity (Wildman–Crippen MR) is 57.3 cm³/mol. The molecule has 1 heterocycles. The molecular formula is C11H15N3O. The number of hydrogen-bond donors (Lipinski definition) is 2. The van der Waals surface area contributed by atoms with E-state index < -0.39 is 0 Å². The van der Waals surface area contributed by atoms with E-state index in [0.717, 1.165) is 19.4 Å². The van der Waals surface area contributed by atoms with Gasteiger partial charge in [0.25, 0.3) is 5.91 Å². The number of carbonyl (C=O) groups excluding carboxylic acids is 1. The van der Waals surface area contributed by atoms with Crippen molar-refractivity contribution in [3.63, 3.8) is 0 Å². The van der Waals surface area contributed by atoms with E-state index in [-0.39, 0.29) is 5.91 Å². The van der Waals surface area contributed by atoms with Gasteiger partial charge < -0.3 is 11.1 Å². The van der Waals surface area contributed by atoms with Gasteiger partial charge >= 0.3 is 0 Å². The van der Waals surface area contributed by atoms with Crippen molar-refractivity contribution in [1.29, 1.82) is 0 Å². The quantitative estimate of drug-likeness (QED) is 0.757. The van der Waals surface area contributed by atoms with Crippen LogP contribution in [-0.2, 0) is 0 Å². The predicted octanol–water partition coefficient (Wildman–Crippen LogP) is 0.549. The molecule has 0 spiro atoms. The van der Waals surface area contributed by atoms with E-state index in [9.17, 15) is 4.79 Å². The summed E-state index contributed by atoms with van der Waals surface area (Å²) in [6.45, 7) is 0.724. The van der Waals surface area contributed by atoms with Gasteiger partial charge in [-0.1, -0.05) is 0 Å². The van der Waals surface area contributed by atoms with Crippen molar-refractivity contribution < 1.29 is 4.79 Å². The van der Waals surface area contributed by atoms with E-state index in [2.05, 4.69) is 10.3 Å². The summed E-state index contributed by atoms with van der Waals surface area (Å²) >= 11 is 0. The first kappa shape index (κ1) is 10.1. The van der Waals surface area contributed by atoms with Gasteiger partial charge in [-0.25, -0.2) is 0 Å². The van der Waals surface area contributed by atoms with Gasteiger partial charge in [-0.15, -0.1) is 0 Å². The highest BCUT2D eigenvalue weighted by molar-refractivity contribution is 5.93. The summed E-state index contributed by atoms with van der Waals surface area (Å²) in [5.41, 5.74) is 6.28. The minimum absolute atomic E-state index is 0.0522. The van der Waals surface area contributed by atoms with Gasteiger partial charge in [-0.05, 0) is 30.9 Å². The van der Waals surface area contributed by atoms with E-state index >= 15 is 0 Å². The zero-order valence-corrected chi connectivity index (χ0v) is 8.52. The lowest BCUT2D eigenvalue weighted by molar-refractivity contribution is 0.0935. The molecular weight excluding hydrogens is 190 g/mol. The highest BCUT2D eigenvalue weighted by Gasteiger charge is 2.25. The molecule has 1 aliphatic rings. The molecule has 1 aromatic heterocycles. The van der Waals surface area contributed by atoms with E-state index in [4.69, 9.17) is 5.73 Å². The van der Waals surface area contributed by atoms with Crippen LogP contribution in [0.5, 0.6) is 0 Å². The van der Waals surface area contributed by atoms with Gasteiger partial charge in [0, 0.05) is 25.0 Å².